The van der Waals surface area contributed by atoms with Gasteiger partial charge in [0.25, 0.3) is 0 Å². The Morgan fingerprint density at radius 1 is 1.24 bits per heavy atom. The largest absolute Gasteiger partial charge is 0.497 e. The first-order chi connectivity index (χ1) is 12.0. The molecular weight excluding hydrogens is 318 g/mol. The molecule has 2 fully saturated rings. The highest BCUT2D eigenvalue weighted by molar-refractivity contribution is 5.89. The lowest BCUT2D eigenvalue weighted by atomic mass is 10.0. The number of ether oxygens (including phenoxy) is 1. The molecule has 3 rings (SSSR count). The Bertz CT molecular complexity index is 609. The van der Waals surface area contributed by atoms with Gasteiger partial charge in [-0.1, -0.05) is 12.1 Å². The van der Waals surface area contributed by atoms with Crippen molar-refractivity contribution in [2.24, 2.45) is 5.92 Å². The van der Waals surface area contributed by atoms with Gasteiger partial charge in [0.1, 0.15) is 5.75 Å². The molecule has 0 aromatic heterocycles. The Morgan fingerprint density at radius 3 is 2.56 bits per heavy atom. The number of likely N-dealkylation sites (tertiary alicyclic amines) is 2. The third kappa shape index (κ3) is 4.51. The summed E-state index contributed by atoms with van der Waals surface area (Å²) >= 11 is 0. The Morgan fingerprint density at radius 2 is 1.92 bits per heavy atom. The summed E-state index contributed by atoms with van der Waals surface area (Å²) in [6.07, 6.45) is 2.28. The molecule has 0 spiro atoms. The first-order valence-corrected chi connectivity index (χ1v) is 8.95. The highest BCUT2D eigenvalue weighted by Crippen LogP contribution is 2.22. The third-order valence-electron chi connectivity index (χ3n) is 5.18. The zero-order valence-electron chi connectivity index (χ0n) is 15.0. The molecule has 2 aliphatic heterocycles. The number of carbonyl (C=O) groups is 2. The topological polar surface area (TPSA) is 61.9 Å². The van der Waals surface area contributed by atoms with E-state index < -0.39 is 0 Å². The van der Waals surface area contributed by atoms with Crippen LogP contribution < -0.4 is 10.1 Å². The second kappa shape index (κ2) is 7.87. The van der Waals surface area contributed by atoms with Gasteiger partial charge in [0.15, 0.2) is 0 Å². The van der Waals surface area contributed by atoms with Crippen molar-refractivity contribution in [3.8, 4) is 5.75 Å². The van der Waals surface area contributed by atoms with Crippen molar-refractivity contribution in [1.29, 1.82) is 0 Å². The van der Waals surface area contributed by atoms with E-state index in [0.717, 1.165) is 37.2 Å². The van der Waals surface area contributed by atoms with Crippen molar-refractivity contribution in [2.75, 3.05) is 33.8 Å². The fourth-order valence-corrected chi connectivity index (χ4v) is 3.52. The Hall–Kier alpha value is -2.08. The van der Waals surface area contributed by atoms with Crippen LogP contribution in [0.15, 0.2) is 24.3 Å². The van der Waals surface area contributed by atoms with Gasteiger partial charge in [0.05, 0.1) is 13.0 Å². The summed E-state index contributed by atoms with van der Waals surface area (Å²) in [5, 5.41) is 3.14. The number of amides is 2. The van der Waals surface area contributed by atoms with Gasteiger partial charge in [-0.2, -0.15) is 0 Å². The molecule has 1 atom stereocenters. The van der Waals surface area contributed by atoms with E-state index >= 15 is 0 Å². The lowest BCUT2D eigenvalue weighted by Gasteiger charge is -2.30. The zero-order valence-corrected chi connectivity index (χ0v) is 15.0. The molecule has 2 saturated heterocycles. The number of rotatable bonds is 5. The number of benzene rings is 1. The molecule has 2 aliphatic rings. The quantitative estimate of drug-likeness (QED) is 0.873. The highest BCUT2D eigenvalue weighted by atomic mass is 16.5. The van der Waals surface area contributed by atoms with Crippen LogP contribution in [0.1, 0.15) is 24.8 Å². The first kappa shape index (κ1) is 17.7. The van der Waals surface area contributed by atoms with Crippen LogP contribution in [0.3, 0.4) is 0 Å². The van der Waals surface area contributed by atoms with E-state index in [9.17, 15) is 9.59 Å². The maximum Gasteiger partial charge on any atom is 0.225 e. The summed E-state index contributed by atoms with van der Waals surface area (Å²) < 4.78 is 5.15. The van der Waals surface area contributed by atoms with E-state index in [2.05, 4.69) is 17.3 Å². The molecule has 6 heteroatoms. The predicted octanol–water partition coefficient (Wildman–Crippen LogP) is 1.25. The van der Waals surface area contributed by atoms with Gasteiger partial charge in [-0.05, 0) is 50.7 Å². The van der Waals surface area contributed by atoms with Crippen molar-refractivity contribution in [2.45, 2.75) is 31.8 Å². The normalized spacial score (nSPS) is 22.2. The Kier molecular flexibility index (Phi) is 5.58. The standard InChI is InChI=1S/C19H27N3O3/c1-21-9-7-16(8-10-21)20-19(24)15-11-18(23)22(13-15)12-14-3-5-17(25-2)6-4-14/h3-6,15-16H,7-13H2,1-2H3,(H,20,24). The number of nitrogens with one attached hydrogen (secondary N) is 1. The van der Waals surface area contributed by atoms with Crippen molar-refractivity contribution in [3.63, 3.8) is 0 Å². The lowest BCUT2D eigenvalue weighted by Crippen LogP contribution is -2.45. The van der Waals surface area contributed by atoms with Crippen molar-refractivity contribution in [1.82, 2.24) is 15.1 Å². The van der Waals surface area contributed by atoms with E-state index in [1.54, 1.807) is 12.0 Å². The molecule has 1 aromatic rings. The van der Waals surface area contributed by atoms with Crippen LogP contribution in [-0.4, -0.2) is 61.4 Å². The second-order valence-corrected chi connectivity index (χ2v) is 7.11. The van der Waals surface area contributed by atoms with Crippen LogP contribution in [0.4, 0.5) is 0 Å². The summed E-state index contributed by atoms with van der Waals surface area (Å²) in [5.41, 5.74) is 1.05. The van der Waals surface area contributed by atoms with E-state index in [1.165, 1.54) is 0 Å². The molecule has 2 amide bonds. The number of hydrogen-bond donors (Lipinski definition) is 1. The zero-order chi connectivity index (χ0) is 17.8. The van der Waals surface area contributed by atoms with E-state index in [4.69, 9.17) is 4.74 Å². The van der Waals surface area contributed by atoms with Crippen LogP contribution in [0.2, 0.25) is 0 Å². The average molecular weight is 345 g/mol. The van der Waals surface area contributed by atoms with E-state index in [0.29, 0.717) is 19.5 Å². The van der Waals surface area contributed by atoms with E-state index in [-0.39, 0.29) is 23.8 Å². The van der Waals surface area contributed by atoms with Gasteiger partial charge >= 0.3 is 0 Å². The van der Waals surface area contributed by atoms with Gasteiger partial charge in [-0.15, -0.1) is 0 Å². The van der Waals surface area contributed by atoms with Crippen molar-refractivity contribution >= 4 is 11.8 Å². The van der Waals surface area contributed by atoms with Gasteiger partial charge in [-0.3, -0.25) is 9.59 Å². The molecule has 0 aliphatic carbocycles. The monoisotopic (exact) mass is 345 g/mol. The summed E-state index contributed by atoms with van der Waals surface area (Å²) in [6, 6.07) is 7.94. The van der Waals surface area contributed by atoms with Crippen LogP contribution in [-0.2, 0) is 16.1 Å². The molecule has 6 nitrogen and oxygen atoms in total. The Balaban J connectivity index is 1.51. The number of nitrogens with zero attached hydrogens (tertiary/aromatic N) is 2. The molecule has 1 N–H and O–H groups in total. The third-order valence-corrected chi connectivity index (χ3v) is 5.18. The molecule has 0 saturated carbocycles. The SMILES string of the molecule is COc1ccc(CN2CC(C(=O)NC3CCN(C)CC3)CC2=O)cc1. The molecule has 2 heterocycles. The molecule has 25 heavy (non-hydrogen) atoms. The summed E-state index contributed by atoms with van der Waals surface area (Å²) in [7, 11) is 3.73. The summed E-state index contributed by atoms with van der Waals surface area (Å²) in [5.74, 6) is 0.650. The predicted molar refractivity (Wildman–Crippen MR) is 95.2 cm³/mol. The van der Waals surface area contributed by atoms with Gasteiger partial charge in [0.2, 0.25) is 11.8 Å². The number of methoxy groups -OCH3 is 1. The van der Waals surface area contributed by atoms with Crippen LogP contribution in [0, 0.1) is 5.92 Å². The minimum absolute atomic E-state index is 0.0279. The number of piperidine rings is 1. The second-order valence-electron chi connectivity index (χ2n) is 7.11. The lowest BCUT2D eigenvalue weighted by molar-refractivity contribution is -0.129. The minimum atomic E-state index is -0.231. The first-order valence-electron chi connectivity index (χ1n) is 8.95. The summed E-state index contributed by atoms with van der Waals surface area (Å²) in [6.45, 7) is 3.07. The maximum atomic E-state index is 12.5. The molecule has 0 bridgehead atoms. The smallest absolute Gasteiger partial charge is 0.225 e. The number of hydrogen-bond acceptors (Lipinski definition) is 4. The fraction of sp³-hybridized carbons (Fsp3) is 0.579. The van der Waals surface area contributed by atoms with Crippen molar-refractivity contribution < 1.29 is 14.3 Å². The maximum absolute atomic E-state index is 12.5. The van der Waals surface area contributed by atoms with Crippen LogP contribution in [0.5, 0.6) is 5.75 Å². The molecule has 1 unspecified atom stereocenters. The van der Waals surface area contributed by atoms with Gasteiger partial charge < -0.3 is 19.9 Å². The van der Waals surface area contributed by atoms with Crippen LogP contribution in [0.25, 0.3) is 0 Å². The molecular formula is C19H27N3O3. The van der Waals surface area contributed by atoms with Gasteiger partial charge in [0, 0.05) is 25.6 Å². The minimum Gasteiger partial charge on any atom is -0.497 e. The summed E-state index contributed by atoms with van der Waals surface area (Å²) in [4.78, 5) is 28.8. The average Bonchev–Trinajstić information content (AvgIpc) is 2.98. The molecule has 1 aromatic carbocycles. The Labute approximate surface area is 149 Å². The fourth-order valence-electron chi connectivity index (χ4n) is 3.52. The van der Waals surface area contributed by atoms with Gasteiger partial charge in [-0.25, -0.2) is 0 Å². The molecule has 136 valence electrons. The highest BCUT2D eigenvalue weighted by Gasteiger charge is 2.35. The number of carbonyl (C=O) groups excluding carboxylic acids is 2. The van der Waals surface area contributed by atoms with Crippen LogP contribution >= 0.6 is 0 Å². The van der Waals surface area contributed by atoms with E-state index in [1.807, 2.05) is 24.3 Å². The molecule has 0 radical (unpaired) electrons. The van der Waals surface area contributed by atoms with Crippen molar-refractivity contribution in [3.05, 3.63) is 29.8 Å².